The molecule has 1 fully saturated rings. The van der Waals surface area contributed by atoms with Crippen LogP contribution in [0, 0.1) is 0 Å². The molecule has 1 aliphatic heterocycles. The lowest BCUT2D eigenvalue weighted by Crippen LogP contribution is -2.58. The van der Waals surface area contributed by atoms with E-state index in [1.165, 1.54) is 6.42 Å². The largest absolute Gasteiger partial charge is 0.506 e. The summed E-state index contributed by atoms with van der Waals surface area (Å²) in [5.41, 5.74) is 12.0. The smallest absolute Gasteiger partial charge is 0.220 e. The molecule has 1 saturated carbocycles. The predicted octanol–water partition coefficient (Wildman–Crippen LogP) is 2.26. The van der Waals surface area contributed by atoms with E-state index in [0.717, 1.165) is 30.2 Å². The molecule has 5 N–H and O–H groups in total. The van der Waals surface area contributed by atoms with Crippen LogP contribution >= 0.6 is 15.9 Å². The summed E-state index contributed by atoms with van der Waals surface area (Å²) in [6.07, 6.45) is 4.96. The fourth-order valence-electron chi connectivity index (χ4n) is 3.15. The summed E-state index contributed by atoms with van der Waals surface area (Å²) in [6.45, 7) is 0. The van der Waals surface area contributed by atoms with Gasteiger partial charge in [0.25, 0.3) is 0 Å². The average molecular weight is 352 g/mol. The van der Waals surface area contributed by atoms with Gasteiger partial charge in [-0.1, -0.05) is 22.4 Å². The highest BCUT2D eigenvalue weighted by atomic mass is 79.9. The summed E-state index contributed by atoms with van der Waals surface area (Å²) in [5, 5.41) is 10.2. The summed E-state index contributed by atoms with van der Waals surface area (Å²) >= 11 is 3.43. The van der Waals surface area contributed by atoms with Crippen molar-refractivity contribution in [3.05, 3.63) is 22.7 Å². The topological polar surface area (TPSA) is 100 Å². The predicted molar refractivity (Wildman–Crippen MR) is 87.3 cm³/mol. The first kappa shape index (κ1) is 14.2. The van der Waals surface area contributed by atoms with E-state index >= 15 is 0 Å². The van der Waals surface area contributed by atoms with Crippen LogP contribution in [0.3, 0.4) is 0 Å². The number of aliphatic imine (C=N–C) groups is 2. The van der Waals surface area contributed by atoms with E-state index in [0.29, 0.717) is 5.69 Å². The third-order valence-electron chi connectivity index (χ3n) is 4.03. The highest BCUT2D eigenvalue weighted by Gasteiger charge is 2.43. The molecule has 2 aliphatic rings. The number of rotatable bonds is 1. The molecule has 0 unspecified atom stereocenters. The van der Waals surface area contributed by atoms with Crippen LogP contribution in [-0.2, 0) is 0 Å². The Bertz CT molecular complexity index is 622. The zero-order valence-corrected chi connectivity index (χ0v) is 13.2. The Labute approximate surface area is 131 Å². The van der Waals surface area contributed by atoms with E-state index in [1.807, 2.05) is 11.0 Å². The first-order valence-corrected chi connectivity index (χ1v) is 7.79. The maximum atomic E-state index is 10.2. The van der Waals surface area contributed by atoms with Crippen LogP contribution in [0.25, 0.3) is 0 Å². The van der Waals surface area contributed by atoms with E-state index < -0.39 is 5.66 Å². The molecule has 0 bridgehead atoms. The standard InChI is InChI=1S/C14H18BrN5O/c15-9-4-5-11(21)10(8-9)20-13(17)18-12(16)19-14(20)6-2-1-3-7-14/h4-5,8,21H,1-3,6-7H2,(H4,16,17,18,19). The van der Waals surface area contributed by atoms with E-state index in [2.05, 4.69) is 25.9 Å². The molecule has 1 aromatic carbocycles. The van der Waals surface area contributed by atoms with Crippen molar-refractivity contribution >= 4 is 33.5 Å². The number of aromatic hydroxyl groups is 1. The number of nitrogens with two attached hydrogens (primary N) is 2. The second-order valence-electron chi connectivity index (χ2n) is 5.45. The summed E-state index contributed by atoms with van der Waals surface area (Å²) in [6, 6.07) is 5.23. The Morgan fingerprint density at radius 2 is 1.90 bits per heavy atom. The highest BCUT2D eigenvalue weighted by Crippen LogP contribution is 2.42. The third kappa shape index (κ3) is 2.46. The molecular weight excluding hydrogens is 334 g/mol. The van der Waals surface area contributed by atoms with E-state index in [9.17, 15) is 5.11 Å². The lowest BCUT2D eigenvalue weighted by Gasteiger charge is -2.45. The first-order valence-electron chi connectivity index (χ1n) is 7.00. The summed E-state index contributed by atoms with van der Waals surface area (Å²) in [4.78, 5) is 10.5. The van der Waals surface area contributed by atoms with Crippen LogP contribution in [0.1, 0.15) is 32.1 Å². The molecule has 112 valence electrons. The van der Waals surface area contributed by atoms with Crippen molar-refractivity contribution < 1.29 is 5.11 Å². The Balaban J connectivity index is 2.13. The number of guanidine groups is 2. The minimum Gasteiger partial charge on any atom is -0.506 e. The molecule has 3 rings (SSSR count). The van der Waals surface area contributed by atoms with Crippen molar-refractivity contribution in [2.75, 3.05) is 4.90 Å². The number of hydrogen-bond donors (Lipinski definition) is 3. The molecule has 1 spiro atoms. The van der Waals surface area contributed by atoms with Crippen molar-refractivity contribution in [1.29, 1.82) is 0 Å². The number of anilines is 1. The Kier molecular flexibility index (Phi) is 3.52. The van der Waals surface area contributed by atoms with Gasteiger partial charge in [0.1, 0.15) is 11.4 Å². The van der Waals surface area contributed by atoms with Crippen molar-refractivity contribution in [2.24, 2.45) is 21.5 Å². The van der Waals surface area contributed by atoms with E-state index in [1.54, 1.807) is 12.1 Å². The van der Waals surface area contributed by atoms with Crippen LogP contribution in [-0.4, -0.2) is 22.7 Å². The summed E-state index contributed by atoms with van der Waals surface area (Å²) in [7, 11) is 0. The summed E-state index contributed by atoms with van der Waals surface area (Å²) < 4.78 is 0.858. The van der Waals surface area contributed by atoms with Crippen LogP contribution in [0.15, 0.2) is 32.7 Å². The molecule has 0 aromatic heterocycles. The van der Waals surface area contributed by atoms with Crippen molar-refractivity contribution in [3.8, 4) is 5.75 Å². The molecule has 1 aliphatic carbocycles. The molecule has 6 nitrogen and oxygen atoms in total. The molecule has 0 amide bonds. The molecule has 1 heterocycles. The second-order valence-corrected chi connectivity index (χ2v) is 6.37. The Morgan fingerprint density at radius 1 is 1.19 bits per heavy atom. The molecule has 0 atom stereocenters. The quantitative estimate of drug-likeness (QED) is 0.722. The normalized spacial score (nSPS) is 21.1. The van der Waals surface area contributed by atoms with Crippen LogP contribution in [0.2, 0.25) is 0 Å². The number of halogens is 1. The Hall–Kier alpha value is -1.76. The van der Waals surface area contributed by atoms with Crippen molar-refractivity contribution in [1.82, 2.24) is 0 Å². The van der Waals surface area contributed by atoms with Crippen molar-refractivity contribution in [2.45, 2.75) is 37.8 Å². The van der Waals surface area contributed by atoms with Crippen molar-refractivity contribution in [3.63, 3.8) is 0 Å². The molecule has 7 heteroatoms. The number of phenolic OH excluding ortho intramolecular Hbond substituents is 1. The van der Waals surface area contributed by atoms with Gasteiger partial charge in [-0.3, -0.25) is 4.90 Å². The van der Waals surface area contributed by atoms with Gasteiger partial charge in [0, 0.05) is 4.47 Å². The fraction of sp³-hybridized carbons (Fsp3) is 0.429. The molecule has 0 saturated heterocycles. The SMILES string of the molecule is NC1=NC2(CCCCC2)N(c2cc(Br)ccc2O)C(N)=N1. The minimum absolute atomic E-state index is 0.150. The number of phenols is 1. The monoisotopic (exact) mass is 351 g/mol. The average Bonchev–Trinajstić information content (AvgIpc) is 2.42. The molecule has 1 aromatic rings. The maximum absolute atomic E-state index is 10.2. The molecular formula is C14H18BrN5O. The zero-order valence-electron chi connectivity index (χ0n) is 11.6. The summed E-state index contributed by atoms with van der Waals surface area (Å²) in [5.74, 6) is 0.634. The molecule has 0 radical (unpaired) electrons. The minimum atomic E-state index is -0.535. The fourth-order valence-corrected chi connectivity index (χ4v) is 3.49. The van der Waals surface area contributed by atoms with E-state index in [-0.39, 0.29) is 17.7 Å². The lowest BCUT2D eigenvalue weighted by atomic mass is 9.87. The van der Waals surface area contributed by atoms with Gasteiger partial charge in [-0.05, 0) is 43.9 Å². The third-order valence-corrected chi connectivity index (χ3v) is 4.52. The number of nitrogens with zero attached hydrogens (tertiary/aromatic N) is 3. The Morgan fingerprint density at radius 3 is 2.62 bits per heavy atom. The first-order chi connectivity index (χ1) is 10.0. The van der Waals surface area contributed by atoms with Gasteiger partial charge >= 0.3 is 0 Å². The second kappa shape index (κ2) is 5.22. The number of hydrogen-bond acceptors (Lipinski definition) is 6. The maximum Gasteiger partial charge on any atom is 0.220 e. The number of benzene rings is 1. The highest BCUT2D eigenvalue weighted by molar-refractivity contribution is 9.10. The van der Waals surface area contributed by atoms with Gasteiger partial charge in [0.2, 0.25) is 11.9 Å². The van der Waals surface area contributed by atoms with Gasteiger partial charge in [-0.2, -0.15) is 4.99 Å². The van der Waals surface area contributed by atoms with E-state index in [4.69, 9.17) is 11.5 Å². The molecule has 21 heavy (non-hydrogen) atoms. The lowest BCUT2D eigenvalue weighted by molar-refractivity contribution is 0.303. The van der Waals surface area contributed by atoms with Gasteiger partial charge in [-0.15, -0.1) is 0 Å². The van der Waals surface area contributed by atoms with Crippen LogP contribution in [0.5, 0.6) is 5.75 Å². The van der Waals surface area contributed by atoms with Gasteiger partial charge < -0.3 is 16.6 Å². The van der Waals surface area contributed by atoms with Crippen LogP contribution < -0.4 is 16.4 Å². The van der Waals surface area contributed by atoms with Crippen LogP contribution in [0.4, 0.5) is 5.69 Å². The van der Waals surface area contributed by atoms with Gasteiger partial charge in [0.05, 0.1) is 5.69 Å². The zero-order chi connectivity index (χ0) is 15.0. The van der Waals surface area contributed by atoms with Gasteiger partial charge in [0.15, 0.2) is 0 Å². The van der Waals surface area contributed by atoms with Gasteiger partial charge in [-0.25, -0.2) is 4.99 Å².